The Morgan fingerprint density at radius 2 is 2.31 bits per heavy atom. The summed E-state index contributed by atoms with van der Waals surface area (Å²) in [5.74, 6) is 1.04. The minimum atomic E-state index is -2.90. The van der Waals surface area contributed by atoms with Crippen molar-refractivity contribution in [2.45, 2.75) is 18.9 Å². The summed E-state index contributed by atoms with van der Waals surface area (Å²) >= 11 is 0. The van der Waals surface area contributed by atoms with Crippen molar-refractivity contribution in [1.29, 1.82) is 0 Å². The number of hydrogen-bond acceptors (Lipinski definition) is 5. The highest BCUT2D eigenvalue weighted by Gasteiger charge is 2.25. The molecule has 0 aliphatic carbocycles. The summed E-state index contributed by atoms with van der Waals surface area (Å²) < 4.78 is 22.9. The number of hydrogen-bond donors (Lipinski definition) is 2. The third-order valence-electron chi connectivity index (χ3n) is 2.64. The van der Waals surface area contributed by atoms with Crippen LogP contribution in [-0.2, 0) is 9.84 Å². The van der Waals surface area contributed by atoms with Crippen LogP contribution in [0.2, 0.25) is 0 Å². The van der Waals surface area contributed by atoms with Crippen LogP contribution >= 0.6 is 0 Å². The number of nitrogens with one attached hydrogen (secondary N) is 1. The van der Waals surface area contributed by atoms with E-state index in [1.54, 1.807) is 18.3 Å². The van der Waals surface area contributed by atoms with Crippen LogP contribution in [0, 0.1) is 0 Å². The fraction of sp³-hybridized carbons (Fsp3) is 0.500. The summed E-state index contributed by atoms with van der Waals surface area (Å²) in [6, 6.07) is 3.42. The first-order valence-corrected chi connectivity index (χ1v) is 7.06. The van der Waals surface area contributed by atoms with Gasteiger partial charge in [-0.15, -0.1) is 0 Å². The SMILES string of the molecule is Nc1cccnc1NC1CCCS(=O)(=O)C1. The number of anilines is 2. The van der Waals surface area contributed by atoms with Gasteiger partial charge in [-0.05, 0) is 25.0 Å². The molecule has 1 aliphatic heterocycles. The number of rotatable bonds is 2. The molecule has 0 bridgehead atoms. The number of pyridine rings is 1. The van der Waals surface area contributed by atoms with E-state index in [0.29, 0.717) is 23.7 Å². The Kier molecular flexibility index (Phi) is 3.00. The maximum atomic E-state index is 11.4. The molecule has 88 valence electrons. The highest BCUT2D eigenvalue weighted by molar-refractivity contribution is 7.91. The van der Waals surface area contributed by atoms with Crippen molar-refractivity contribution < 1.29 is 8.42 Å². The second kappa shape index (κ2) is 4.29. The molecule has 1 aliphatic rings. The molecule has 2 heterocycles. The van der Waals surface area contributed by atoms with E-state index in [1.807, 2.05) is 0 Å². The number of nitrogens with zero attached hydrogens (tertiary/aromatic N) is 1. The Bertz CT molecular complexity index is 473. The van der Waals surface area contributed by atoms with E-state index in [-0.39, 0.29) is 11.8 Å². The summed E-state index contributed by atoms with van der Waals surface area (Å²) in [4.78, 5) is 4.09. The van der Waals surface area contributed by atoms with E-state index in [4.69, 9.17) is 5.73 Å². The Morgan fingerprint density at radius 3 is 3.00 bits per heavy atom. The Balaban J connectivity index is 2.08. The zero-order valence-electron chi connectivity index (χ0n) is 8.89. The zero-order valence-corrected chi connectivity index (χ0v) is 9.70. The van der Waals surface area contributed by atoms with Gasteiger partial charge in [-0.1, -0.05) is 0 Å². The molecule has 0 spiro atoms. The maximum absolute atomic E-state index is 11.4. The molecule has 1 atom stereocenters. The molecule has 16 heavy (non-hydrogen) atoms. The minimum Gasteiger partial charge on any atom is -0.396 e. The fourth-order valence-corrected chi connectivity index (χ4v) is 3.50. The lowest BCUT2D eigenvalue weighted by atomic mass is 10.2. The maximum Gasteiger partial charge on any atom is 0.152 e. The van der Waals surface area contributed by atoms with Gasteiger partial charge in [-0.3, -0.25) is 0 Å². The van der Waals surface area contributed by atoms with Crippen LogP contribution in [0.15, 0.2) is 18.3 Å². The van der Waals surface area contributed by atoms with Crippen molar-refractivity contribution in [2.24, 2.45) is 0 Å². The van der Waals surface area contributed by atoms with Gasteiger partial charge in [0, 0.05) is 12.2 Å². The predicted octanol–water partition coefficient (Wildman–Crippen LogP) is 0.653. The van der Waals surface area contributed by atoms with Crippen LogP contribution in [0.4, 0.5) is 11.5 Å². The molecule has 1 saturated heterocycles. The zero-order chi connectivity index (χ0) is 11.6. The quantitative estimate of drug-likeness (QED) is 0.794. The average Bonchev–Trinajstić information content (AvgIpc) is 2.20. The molecule has 6 heteroatoms. The van der Waals surface area contributed by atoms with Gasteiger partial charge >= 0.3 is 0 Å². The molecule has 1 aromatic heterocycles. The molecule has 3 N–H and O–H groups in total. The van der Waals surface area contributed by atoms with Gasteiger partial charge in [0.2, 0.25) is 0 Å². The topological polar surface area (TPSA) is 85.1 Å². The molecule has 0 saturated carbocycles. The van der Waals surface area contributed by atoms with Gasteiger partial charge in [-0.2, -0.15) is 0 Å². The third kappa shape index (κ3) is 2.63. The van der Waals surface area contributed by atoms with E-state index in [0.717, 1.165) is 6.42 Å². The molecule has 1 fully saturated rings. The van der Waals surface area contributed by atoms with Gasteiger partial charge in [0.1, 0.15) is 5.82 Å². The van der Waals surface area contributed by atoms with Crippen LogP contribution in [0.25, 0.3) is 0 Å². The Morgan fingerprint density at radius 1 is 1.50 bits per heavy atom. The van der Waals surface area contributed by atoms with Gasteiger partial charge in [-0.25, -0.2) is 13.4 Å². The van der Waals surface area contributed by atoms with Gasteiger partial charge in [0.25, 0.3) is 0 Å². The second-order valence-corrected chi connectivity index (χ2v) is 6.27. The van der Waals surface area contributed by atoms with Crippen LogP contribution in [-0.4, -0.2) is 30.9 Å². The first-order chi connectivity index (χ1) is 7.57. The van der Waals surface area contributed by atoms with Gasteiger partial charge in [0.05, 0.1) is 17.2 Å². The van der Waals surface area contributed by atoms with Crippen LogP contribution in [0.3, 0.4) is 0 Å². The standard InChI is InChI=1S/C10H15N3O2S/c11-9-4-1-5-12-10(9)13-8-3-2-6-16(14,15)7-8/h1,4-5,8H,2-3,6-7,11H2,(H,12,13). The van der Waals surface area contributed by atoms with Crippen molar-refractivity contribution in [3.05, 3.63) is 18.3 Å². The van der Waals surface area contributed by atoms with E-state index in [2.05, 4.69) is 10.3 Å². The molecule has 2 rings (SSSR count). The van der Waals surface area contributed by atoms with E-state index in [1.165, 1.54) is 0 Å². The monoisotopic (exact) mass is 241 g/mol. The number of sulfone groups is 1. The third-order valence-corrected chi connectivity index (χ3v) is 4.46. The first-order valence-electron chi connectivity index (χ1n) is 5.24. The Labute approximate surface area is 95.0 Å². The molecule has 0 radical (unpaired) electrons. The fourth-order valence-electron chi connectivity index (χ4n) is 1.87. The number of nitrogen functional groups attached to an aromatic ring is 1. The van der Waals surface area contributed by atoms with E-state index >= 15 is 0 Å². The van der Waals surface area contributed by atoms with E-state index in [9.17, 15) is 8.42 Å². The minimum absolute atomic E-state index is 0.0732. The molecule has 0 aromatic carbocycles. The molecule has 5 nitrogen and oxygen atoms in total. The number of aromatic nitrogens is 1. The lowest BCUT2D eigenvalue weighted by Gasteiger charge is -2.23. The van der Waals surface area contributed by atoms with Gasteiger partial charge in [0.15, 0.2) is 9.84 Å². The predicted molar refractivity (Wildman–Crippen MR) is 63.9 cm³/mol. The molecule has 1 unspecified atom stereocenters. The van der Waals surface area contributed by atoms with Crippen LogP contribution in [0.1, 0.15) is 12.8 Å². The second-order valence-electron chi connectivity index (χ2n) is 4.04. The summed E-state index contributed by atoms with van der Waals surface area (Å²) in [5, 5.41) is 3.09. The number of nitrogens with two attached hydrogens (primary N) is 1. The summed E-state index contributed by atoms with van der Waals surface area (Å²) in [6.07, 6.45) is 3.18. The molecular weight excluding hydrogens is 226 g/mol. The van der Waals surface area contributed by atoms with Crippen LogP contribution < -0.4 is 11.1 Å². The van der Waals surface area contributed by atoms with Crippen molar-refractivity contribution in [3.8, 4) is 0 Å². The first kappa shape index (κ1) is 11.2. The largest absolute Gasteiger partial charge is 0.396 e. The highest BCUT2D eigenvalue weighted by Crippen LogP contribution is 2.19. The van der Waals surface area contributed by atoms with Crippen molar-refractivity contribution in [2.75, 3.05) is 22.6 Å². The van der Waals surface area contributed by atoms with Crippen molar-refractivity contribution in [3.63, 3.8) is 0 Å². The lowest BCUT2D eigenvalue weighted by molar-refractivity contribution is 0.561. The van der Waals surface area contributed by atoms with Crippen LogP contribution in [0.5, 0.6) is 0 Å². The molecular formula is C10H15N3O2S. The van der Waals surface area contributed by atoms with E-state index < -0.39 is 9.84 Å². The normalized spacial score (nSPS) is 23.9. The van der Waals surface area contributed by atoms with Gasteiger partial charge < -0.3 is 11.1 Å². The summed E-state index contributed by atoms with van der Waals surface area (Å²) in [7, 11) is -2.90. The Hall–Kier alpha value is -1.30. The summed E-state index contributed by atoms with van der Waals surface area (Å²) in [5.41, 5.74) is 6.28. The lowest BCUT2D eigenvalue weighted by Crippen LogP contribution is -2.35. The highest BCUT2D eigenvalue weighted by atomic mass is 32.2. The molecule has 0 amide bonds. The average molecular weight is 241 g/mol. The van der Waals surface area contributed by atoms with Crippen molar-refractivity contribution in [1.82, 2.24) is 4.98 Å². The van der Waals surface area contributed by atoms with Crippen molar-refractivity contribution >= 4 is 21.3 Å². The summed E-state index contributed by atoms with van der Waals surface area (Å²) in [6.45, 7) is 0. The molecule has 1 aromatic rings. The smallest absolute Gasteiger partial charge is 0.152 e.